The summed E-state index contributed by atoms with van der Waals surface area (Å²) in [5.74, 6) is 1.44. The van der Waals surface area contributed by atoms with Crippen molar-refractivity contribution in [2.24, 2.45) is 0 Å². The maximum absolute atomic E-state index is 13.3. The number of hydrogen-bond donors (Lipinski definition) is 1. The second-order valence-electron chi connectivity index (χ2n) is 8.09. The first-order valence-corrected chi connectivity index (χ1v) is 12.4. The number of nitrogens with one attached hydrogen (secondary N) is 1. The predicted molar refractivity (Wildman–Crippen MR) is 132 cm³/mol. The molecule has 4 rings (SSSR count). The first kappa shape index (κ1) is 23.8. The number of aryl methyl sites for hydroxylation is 1. The molecule has 9 heteroatoms. The van der Waals surface area contributed by atoms with E-state index >= 15 is 0 Å². The number of anilines is 1. The lowest BCUT2D eigenvalue weighted by Gasteiger charge is -2.25. The Labute approximate surface area is 203 Å². The molecule has 0 saturated carbocycles. The molecule has 3 aromatic rings. The van der Waals surface area contributed by atoms with Crippen LogP contribution in [0.1, 0.15) is 47.6 Å². The minimum absolute atomic E-state index is 0.0247. The largest absolute Gasteiger partial charge is 0.495 e. The molecule has 2 aromatic carbocycles. The van der Waals surface area contributed by atoms with E-state index in [2.05, 4.69) is 15.5 Å². The molecule has 1 aliphatic rings. The number of carbonyl (C=O) groups excluding carboxylic acids is 2. The SMILES string of the molecule is CCn1c(SCC(=O)Nc2ccccc2OC)nnc1C1CCCN1C(=O)c1ccccc1C. The average molecular weight is 480 g/mol. The fourth-order valence-corrected chi connectivity index (χ4v) is 5.07. The smallest absolute Gasteiger partial charge is 0.254 e. The molecule has 0 radical (unpaired) electrons. The molecular weight excluding hydrogens is 450 g/mol. The van der Waals surface area contributed by atoms with Gasteiger partial charge in [0, 0.05) is 18.7 Å². The molecule has 1 saturated heterocycles. The Morgan fingerprint density at radius 3 is 2.68 bits per heavy atom. The van der Waals surface area contributed by atoms with Crippen molar-refractivity contribution in [1.82, 2.24) is 19.7 Å². The number of benzene rings is 2. The third-order valence-electron chi connectivity index (χ3n) is 5.96. The molecule has 178 valence electrons. The molecule has 2 amide bonds. The van der Waals surface area contributed by atoms with E-state index in [0.717, 1.165) is 29.8 Å². The van der Waals surface area contributed by atoms with Crippen molar-refractivity contribution in [1.29, 1.82) is 0 Å². The molecular formula is C25H29N5O3S. The van der Waals surface area contributed by atoms with Gasteiger partial charge in [0.05, 0.1) is 24.6 Å². The normalized spacial score (nSPS) is 15.4. The standard InChI is InChI=1S/C25H29N5O3S/c1-4-29-23(20-13-9-15-30(20)24(32)18-11-6-5-10-17(18)2)27-28-25(29)34-16-22(31)26-19-12-7-8-14-21(19)33-3/h5-8,10-12,14,20H,4,9,13,15-16H2,1-3H3,(H,26,31). The maximum Gasteiger partial charge on any atom is 0.254 e. The summed E-state index contributed by atoms with van der Waals surface area (Å²) in [5.41, 5.74) is 2.32. The van der Waals surface area contributed by atoms with Gasteiger partial charge in [-0.1, -0.05) is 42.1 Å². The molecule has 34 heavy (non-hydrogen) atoms. The average Bonchev–Trinajstić information content (AvgIpc) is 3.49. The molecule has 1 unspecified atom stereocenters. The van der Waals surface area contributed by atoms with Crippen LogP contribution in [0.5, 0.6) is 5.75 Å². The van der Waals surface area contributed by atoms with Crippen LogP contribution >= 0.6 is 11.8 Å². The number of para-hydroxylation sites is 2. The van der Waals surface area contributed by atoms with Gasteiger partial charge in [-0.2, -0.15) is 0 Å². The zero-order valence-corrected chi connectivity index (χ0v) is 20.5. The number of ether oxygens (including phenoxy) is 1. The Balaban J connectivity index is 1.47. The Morgan fingerprint density at radius 1 is 1.15 bits per heavy atom. The third kappa shape index (κ3) is 4.94. The molecule has 8 nitrogen and oxygen atoms in total. The Bertz CT molecular complexity index is 1180. The number of likely N-dealkylation sites (tertiary alicyclic amines) is 1. The van der Waals surface area contributed by atoms with Gasteiger partial charge in [-0.25, -0.2) is 0 Å². The van der Waals surface area contributed by atoms with E-state index in [0.29, 0.717) is 29.7 Å². The summed E-state index contributed by atoms with van der Waals surface area (Å²) in [6.45, 7) is 5.33. The molecule has 1 aliphatic heterocycles. The summed E-state index contributed by atoms with van der Waals surface area (Å²) in [6.07, 6.45) is 1.76. The van der Waals surface area contributed by atoms with Crippen molar-refractivity contribution in [3.05, 3.63) is 65.5 Å². The number of rotatable bonds is 8. The van der Waals surface area contributed by atoms with Crippen LogP contribution in [-0.4, -0.2) is 50.9 Å². The van der Waals surface area contributed by atoms with E-state index in [1.54, 1.807) is 19.2 Å². The monoisotopic (exact) mass is 479 g/mol. The highest BCUT2D eigenvalue weighted by molar-refractivity contribution is 7.99. The Morgan fingerprint density at radius 2 is 1.91 bits per heavy atom. The van der Waals surface area contributed by atoms with Gasteiger partial charge < -0.3 is 19.5 Å². The molecule has 1 N–H and O–H groups in total. The Kier molecular flexibility index (Phi) is 7.52. The van der Waals surface area contributed by atoms with E-state index in [1.165, 1.54) is 11.8 Å². The van der Waals surface area contributed by atoms with Crippen LogP contribution in [0.15, 0.2) is 53.7 Å². The van der Waals surface area contributed by atoms with Gasteiger partial charge in [0.2, 0.25) is 5.91 Å². The van der Waals surface area contributed by atoms with Gasteiger partial charge in [-0.05, 0) is 50.5 Å². The number of hydrogen-bond acceptors (Lipinski definition) is 6. The van der Waals surface area contributed by atoms with Crippen molar-refractivity contribution in [3.8, 4) is 5.75 Å². The van der Waals surface area contributed by atoms with Crippen LogP contribution in [0.2, 0.25) is 0 Å². The van der Waals surface area contributed by atoms with E-state index in [1.807, 2.05) is 59.7 Å². The van der Waals surface area contributed by atoms with E-state index in [-0.39, 0.29) is 23.6 Å². The molecule has 1 aromatic heterocycles. The summed E-state index contributed by atoms with van der Waals surface area (Å²) < 4.78 is 7.30. The fourth-order valence-electron chi connectivity index (χ4n) is 4.26. The van der Waals surface area contributed by atoms with E-state index in [4.69, 9.17) is 4.74 Å². The van der Waals surface area contributed by atoms with Crippen molar-refractivity contribution in [2.45, 2.75) is 44.4 Å². The van der Waals surface area contributed by atoms with E-state index in [9.17, 15) is 9.59 Å². The number of aromatic nitrogens is 3. The number of nitrogens with zero attached hydrogens (tertiary/aromatic N) is 4. The maximum atomic E-state index is 13.3. The zero-order chi connectivity index (χ0) is 24.1. The van der Waals surface area contributed by atoms with Gasteiger partial charge in [0.15, 0.2) is 11.0 Å². The number of amides is 2. The minimum atomic E-state index is -0.154. The Hall–Kier alpha value is -3.33. The molecule has 0 spiro atoms. The lowest BCUT2D eigenvalue weighted by molar-refractivity contribution is -0.113. The van der Waals surface area contributed by atoms with Gasteiger partial charge in [0.1, 0.15) is 5.75 Å². The first-order chi connectivity index (χ1) is 16.5. The quantitative estimate of drug-likeness (QED) is 0.484. The fraction of sp³-hybridized carbons (Fsp3) is 0.360. The van der Waals surface area contributed by atoms with Gasteiger partial charge >= 0.3 is 0 Å². The molecule has 0 aliphatic carbocycles. The zero-order valence-electron chi connectivity index (χ0n) is 19.7. The van der Waals surface area contributed by atoms with Crippen LogP contribution in [0.3, 0.4) is 0 Å². The highest BCUT2D eigenvalue weighted by Crippen LogP contribution is 2.34. The second-order valence-corrected chi connectivity index (χ2v) is 9.04. The molecule has 2 heterocycles. The van der Waals surface area contributed by atoms with E-state index < -0.39 is 0 Å². The molecule has 0 bridgehead atoms. The van der Waals surface area contributed by atoms with Gasteiger partial charge in [-0.3, -0.25) is 9.59 Å². The highest BCUT2D eigenvalue weighted by Gasteiger charge is 2.35. The summed E-state index contributed by atoms with van der Waals surface area (Å²) >= 11 is 1.33. The van der Waals surface area contributed by atoms with Crippen molar-refractivity contribution >= 4 is 29.3 Å². The lowest BCUT2D eigenvalue weighted by Crippen LogP contribution is -2.32. The summed E-state index contributed by atoms with van der Waals surface area (Å²) in [7, 11) is 1.57. The molecule has 1 fully saturated rings. The van der Waals surface area contributed by atoms with Crippen LogP contribution in [0, 0.1) is 6.92 Å². The number of thioether (sulfide) groups is 1. The predicted octanol–water partition coefficient (Wildman–Crippen LogP) is 4.32. The summed E-state index contributed by atoms with van der Waals surface area (Å²) in [6, 6.07) is 14.8. The van der Waals surface area contributed by atoms with Crippen LogP contribution in [0.25, 0.3) is 0 Å². The minimum Gasteiger partial charge on any atom is -0.495 e. The van der Waals surface area contributed by atoms with Crippen LogP contribution in [-0.2, 0) is 11.3 Å². The number of carbonyl (C=O) groups is 2. The van der Waals surface area contributed by atoms with Crippen molar-refractivity contribution in [3.63, 3.8) is 0 Å². The lowest BCUT2D eigenvalue weighted by atomic mass is 10.1. The highest BCUT2D eigenvalue weighted by atomic mass is 32.2. The summed E-state index contributed by atoms with van der Waals surface area (Å²) in [4.78, 5) is 27.8. The van der Waals surface area contributed by atoms with Crippen molar-refractivity contribution in [2.75, 3.05) is 24.7 Å². The van der Waals surface area contributed by atoms with Gasteiger partial charge in [0.25, 0.3) is 5.91 Å². The second kappa shape index (κ2) is 10.7. The topological polar surface area (TPSA) is 89.3 Å². The van der Waals surface area contributed by atoms with Crippen LogP contribution in [0.4, 0.5) is 5.69 Å². The third-order valence-corrected chi connectivity index (χ3v) is 6.93. The van der Waals surface area contributed by atoms with Gasteiger partial charge in [-0.15, -0.1) is 10.2 Å². The molecule has 1 atom stereocenters. The summed E-state index contributed by atoms with van der Waals surface area (Å²) in [5, 5.41) is 12.4. The number of methoxy groups -OCH3 is 1. The van der Waals surface area contributed by atoms with Crippen molar-refractivity contribution < 1.29 is 14.3 Å². The first-order valence-electron chi connectivity index (χ1n) is 11.4. The van der Waals surface area contributed by atoms with Crippen LogP contribution < -0.4 is 10.1 Å².